The van der Waals surface area contributed by atoms with E-state index in [-0.39, 0.29) is 11.6 Å². The Hall–Kier alpha value is -0.900. The van der Waals surface area contributed by atoms with Crippen LogP contribution in [0, 0.1) is 0 Å². The fraction of sp³-hybridized carbons (Fsp3) is 0.778. The number of ether oxygens (including phenoxy) is 1. The van der Waals surface area contributed by atoms with Gasteiger partial charge in [0.15, 0.2) is 0 Å². The number of carbonyl (C=O) groups is 1. The number of aliphatic hydroxyl groups is 1. The van der Waals surface area contributed by atoms with E-state index in [2.05, 4.69) is 4.99 Å². The second kappa shape index (κ2) is 3.10. The van der Waals surface area contributed by atoms with E-state index >= 15 is 0 Å². The topological polar surface area (TPSA) is 58.9 Å². The summed E-state index contributed by atoms with van der Waals surface area (Å²) in [7, 11) is 0. The molecule has 0 spiro atoms. The first-order valence-electron chi connectivity index (χ1n) is 4.33. The van der Waals surface area contributed by atoms with Crippen LogP contribution in [-0.4, -0.2) is 34.5 Å². The van der Waals surface area contributed by atoms with Crippen molar-refractivity contribution in [3.05, 3.63) is 0 Å². The molecular formula is C9H15NO3. The zero-order chi connectivity index (χ0) is 10.2. The molecule has 0 saturated heterocycles. The molecule has 0 radical (unpaired) electrons. The first-order valence-corrected chi connectivity index (χ1v) is 4.33. The number of aliphatic imine (C=N–C) groups is 1. The molecule has 1 heterocycles. The third-order valence-electron chi connectivity index (χ3n) is 2.00. The molecule has 2 atom stereocenters. The highest BCUT2D eigenvalue weighted by Gasteiger charge is 2.42. The lowest BCUT2D eigenvalue weighted by atomic mass is 10.1. The quantitative estimate of drug-likeness (QED) is 0.652. The fourth-order valence-electron chi connectivity index (χ4n) is 1.19. The lowest BCUT2D eigenvalue weighted by Gasteiger charge is -2.12. The number of hydrogen-bond acceptors (Lipinski definition) is 4. The number of esters is 1. The van der Waals surface area contributed by atoms with Crippen molar-refractivity contribution in [2.45, 2.75) is 45.4 Å². The Morgan fingerprint density at radius 1 is 1.54 bits per heavy atom. The maximum absolute atomic E-state index is 11.0. The summed E-state index contributed by atoms with van der Waals surface area (Å²) in [6.07, 6.45) is -1.39. The van der Waals surface area contributed by atoms with Crippen LogP contribution >= 0.6 is 0 Å². The van der Waals surface area contributed by atoms with Gasteiger partial charge in [0.1, 0.15) is 12.2 Å². The Morgan fingerprint density at radius 2 is 2.00 bits per heavy atom. The molecule has 1 aliphatic heterocycles. The highest BCUT2D eigenvalue weighted by Crippen LogP contribution is 2.29. The van der Waals surface area contributed by atoms with Gasteiger partial charge in [-0.3, -0.25) is 4.99 Å². The summed E-state index contributed by atoms with van der Waals surface area (Å²) in [5, 5.41) is 8.89. The molecule has 1 aliphatic rings. The maximum atomic E-state index is 11.0. The molecule has 0 saturated carbocycles. The molecule has 0 fully saturated rings. The summed E-state index contributed by atoms with van der Waals surface area (Å²) >= 11 is 0. The standard InChI is InChI=1S/C9H15NO3/c1-5(11)8(12)13-6(2)7-9(3,4)10-7/h5-6,11H,1-4H3. The minimum atomic E-state index is -1.06. The van der Waals surface area contributed by atoms with Crippen LogP contribution in [0.15, 0.2) is 4.99 Å². The molecule has 13 heavy (non-hydrogen) atoms. The monoisotopic (exact) mass is 185 g/mol. The lowest BCUT2D eigenvalue weighted by molar-refractivity contribution is -0.154. The van der Waals surface area contributed by atoms with Gasteiger partial charge in [0.25, 0.3) is 0 Å². The summed E-state index contributed by atoms with van der Waals surface area (Å²) in [6.45, 7) is 7.05. The largest absolute Gasteiger partial charge is 0.455 e. The molecule has 74 valence electrons. The van der Waals surface area contributed by atoms with Gasteiger partial charge in [0.2, 0.25) is 0 Å². The molecule has 0 amide bonds. The van der Waals surface area contributed by atoms with Crippen LogP contribution in [0.25, 0.3) is 0 Å². The molecule has 4 nitrogen and oxygen atoms in total. The minimum Gasteiger partial charge on any atom is -0.455 e. The Bertz CT molecular complexity index is 256. The maximum Gasteiger partial charge on any atom is 0.335 e. The number of nitrogens with zero attached hydrogens (tertiary/aromatic N) is 1. The number of carbonyl (C=O) groups excluding carboxylic acids is 1. The Kier molecular flexibility index (Phi) is 2.43. The van der Waals surface area contributed by atoms with Crippen molar-refractivity contribution in [3.63, 3.8) is 0 Å². The summed E-state index contributed by atoms with van der Waals surface area (Å²) in [6, 6.07) is 0. The molecular weight excluding hydrogens is 170 g/mol. The Labute approximate surface area is 77.6 Å². The van der Waals surface area contributed by atoms with Gasteiger partial charge in [-0.1, -0.05) is 0 Å². The zero-order valence-electron chi connectivity index (χ0n) is 8.37. The van der Waals surface area contributed by atoms with Gasteiger partial charge >= 0.3 is 5.97 Å². The summed E-state index contributed by atoms with van der Waals surface area (Å²) in [5.41, 5.74) is 0.722. The van der Waals surface area contributed by atoms with Crippen LogP contribution in [-0.2, 0) is 9.53 Å². The van der Waals surface area contributed by atoms with Gasteiger partial charge in [-0.2, -0.15) is 0 Å². The summed E-state index contributed by atoms with van der Waals surface area (Å²) in [5.74, 6) is -0.599. The predicted octanol–water partition coefficient (Wildman–Crippen LogP) is 0.532. The van der Waals surface area contributed by atoms with Crippen LogP contribution < -0.4 is 0 Å². The fourth-order valence-corrected chi connectivity index (χ4v) is 1.19. The van der Waals surface area contributed by atoms with Crippen molar-refractivity contribution >= 4 is 11.7 Å². The molecule has 0 bridgehead atoms. The molecule has 0 aromatic carbocycles. The molecule has 0 aromatic rings. The van der Waals surface area contributed by atoms with Crippen molar-refractivity contribution in [2.75, 3.05) is 0 Å². The first kappa shape index (κ1) is 10.2. The molecule has 1 rings (SSSR count). The van der Waals surface area contributed by atoms with E-state index in [1.165, 1.54) is 6.92 Å². The van der Waals surface area contributed by atoms with Gasteiger partial charge in [0.05, 0.1) is 11.3 Å². The number of rotatable bonds is 3. The molecule has 0 aromatic heterocycles. The summed E-state index contributed by atoms with van der Waals surface area (Å²) < 4.78 is 4.95. The first-order chi connectivity index (χ1) is 5.84. The van der Waals surface area contributed by atoms with Crippen LogP contribution in [0.3, 0.4) is 0 Å². The van der Waals surface area contributed by atoms with Crippen molar-refractivity contribution in [3.8, 4) is 0 Å². The second-order valence-electron chi connectivity index (χ2n) is 3.81. The van der Waals surface area contributed by atoms with Crippen LogP contribution in [0.2, 0.25) is 0 Å². The molecule has 2 unspecified atom stereocenters. The van der Waals surface area contributed by atoms with Gasteiger partial charge in [0, 0.05) is 0 Å². The number of aliphatic hydroxyl groups excluding tert-OH is 1. The molecule has 0 aliphatic carbocycles. The van der Waals surface area contributed by atoms with Crippen LogP contribution in [0.4, 0.5) is 0 Å². The van der Waals surface area contributed by atoms with Gasteiger partial charge < -0.3 is 9.84 Å². The van der Waals surface area contributed by atoms with E-state index < -0.39 is 12.1 Å². The second-order valence-corrected chi connectivity index (χ2v) is 3.81. The van der Waals surface area contributed by atoms with E-state index in [1.54, 1.807) is 6.92 Å². The zero-order valence-corrected chi connectivity index (χ0v) is 8.37. The van der Waals surface area contributed by atoms with Gasteiger partial charge in [-0.15, -0.1) is 0 Å². The Balaban J connectivity index is 2.40. The predicted molar refractivity (Wildman–Crippen MR) is 48.7 cm³/mol. The van der Waals surface area contributed by atoms with Crippen molar-refractivity contribution < 1.29 is 14.6 Å². The van der Waals surface area contributed by atoms with Crippen molar-refractivity contribution in [1.29, 1.82) is 0 Å². The van der Waals surface area contributed by atoms with E-state index in [0.717, 1.165) is 5.71 Å². The third-order valence-corrected chi connectivity index (χ3v) is 2.00. The van der Waals surface area contributed by atoms with Crippen molar-refractivity contribution in [2.24, 2.45) is 4.99 Å². The van der Waals surface area contributed by atoms with Gasteiger partial charge in [-0.25, -0.2) is 4.79 Å². The SMILES string of the molecule is CC(O)C(=O)OC(C)C1=NC1(C)C. The van der Waals surface area contributed by atoms with E-state index in [4.69, 9.17) is 9.84 Å². The van der Waals surface area contributed by atoms with Gasteiger partial charge in [-0.05, 0) is 27.7 Å². The highest BCUT2D eigenvalue weighted by molar-refractivity contribution is 6.08. The average Bonchev–Trinajstić information content (AvgIpc) is 2.59. The van der Waals surface area contributed by atoms with Crippen LogP contribution in [0.5, 0.6) is 0 Å². The van der Waals surface area contributed by atoms with E-state index in [9.17, 15) is 4.79 Å². The normalized spacial score (nSPS) is 23.0. The van der Waals surface area contributed by atoms with E-state index in [1.807, 2.05) is 13.8 Å². The smallest absolute Gasteiger partial charge is 0.335 e. The average molecular weight is 185 g/mol. The lowest BCUT2D eigenvalue weighted by Crippen LogP contribution is -2.29. The third kappa shape index (κ3) is 2.28. The molecule has 1 N–H and O–H groups in total. The summed E-state index contributed by atoms with van der Waals surface area (Å²) in [4.78, 5) is 15.1. The highest BCUT2D eigenvalue weighted by atomic mass is 16.6. The van der Waals surface area contributed by atoms with E-state index in [0.29, 0.717) is 0 Å². The minimum absolute atomic E-state index is 0.154. The van der Waals surface area contributed by atoms with Crippen molar-refractivity contribution in [1.82, 2.24) is 0 Å². The number of hydrogen-bond donors (Lipinski definition) is 1. The van der Waals surface area contributed by atoms with Crippen LogP contribution in [0.1, 0.15) is 27.7 Å². The Morgan fingerprint density at radius 3 is 2.31 bits per heavy atom. The molecule has 4 heteroatoms.